The van der Waals surface area contributed by atoms with Crippen LogP contribution in [0.5, 0.6) is 0 Å². The molecule has 6 aliphatic rings. The van der Waals surface area contributed by atoms with Gasteiger partial charge in [-0.25, -0.2) is 15.0 Å². The van der Waals surface area contributed by atoms with Crippen molar-refractivity contribution in [3.8, 4) is 0 Å². The first-order chi connectivity index (χ1) is 51.9. The molecule has 9 aromatic heterocycles. The topological polar surface area (TPSA) is 404 Å². The van der Waals surface area contributed by atoms with Crippen LogP contribution in [0.1, 0.15) is 186 Å². The van der Waals surface area contributed by atoms with Gasteiger partial charge in [-0.2, -0.15) is 28.8 Å². The van der Waals surface area contributed by atoms with Crippen LogP contribution in [0.2, 0.25) is 0 Å². The second kappa shape index (κ2) is 31.9. The quantitative estimate of drug-likeness (QED) is 0.0334. The molecule has 0 spiro atoms. The summed E-state index contributed by atoms with van der Waals surface area (Å²) in [5.74, 6) is 2.02. The molecule has 0 bridgehead atoms. The van der Waals surface area contributed by atoms with Crippen LogP contribution in [-0.2, 0) is 14.2 Å². The van der Waals surface area contributed by atoms with Gasteiger partial charge in [0.2, 0.25) is 0 Å². The maximum absolute atomic E-state index is 13.4. The van der Waals surface area contributed by atoms with Gasteiger partial charge in [-0.05, 0) is 173 Å². The molecule has 33 nitrogen and oxygen atoms in total. The van der Waals surface area contributed by atoms with Crippen LogP contribution in [-0.4, -0.2) is 186 Å². The van der Waals surface area contributed by atoms with Gasteiger partial charge < -0.3 is 91.1 Å². The Morgan fingerprint density at radius 3 is 0.889 bits per heavy atom. The van der Waals surface area contributed by atoms with Crippen molar-refractivity contribution in [2.75, 3.05) is 74.4 Å². The zero-order valence-corrected chi connectivity index (χ0v) is 62.5. The van der Waals surface area contributed by atoms with Gasteiger partial charge in [-0.3, -0.25) is 28.8 Å². The summed E-state index contributed by atoms with van der Waals surface area (Å²) < 4.78 is 26.9. The largest absolute Gasteiger partial charge is 0.391 e. The van der Waals surface area contributed by atoms with E-state index in [-0.39, 0.29) is 87.5 Å². The van der Waals surface area contributed by atoms with Gasteiger partial charge in [0.15, 0.2) is 16.9 Å². The Bertz CT molecular complexity index is 4460. The van der Waals surface area contributed by atoms with E-state index in [0.717, 1.165) is 96.3 Å². The molecule has 0 radical (unpaired) electrons. The molecular weight excluding hydrogens is 1390 g/mol. The SMILES string of the molecule is CNc1cc(Nc2cccn(C3CCC(C)(OC)CC3)c2=O)nc2c(C(=O)NC3CC[C@H]3O)cnn12.CNc1cc(Nc2cccn(C3CCC(C)(OC)CC3)c2=O)nc2c(C(=O)N[C@@H]3CC[C@@H]3O)cnn12.CNc1cc(Nc2cccn(C3CCC(C)(OC)CC3)c2=O)nc2c(C(=O)N[C@H]3CC[C@H]3O)cnn12. The lowest BCUT2D eigenvalue weighted by Crippen LogP contribution is -2.50. The van der Waals surface area contributed by atoms with E-state index in [2.05, 4.69) is 98.9 Å². The molecule has 3 amide bonds. The third-order valence-corrected chi connectivity index (χ3v) is 23.0. The number of hydrogen-bond acceptors (Lipinski definition) is 24. The molecule has 15 rings (SSSR count). The number of fused-ring (bicyclic) bond motifs is 3. The summed E-state index contributed by atoms with van der Waals surface area (Å²) in [4.78, 5) is 92.5. The number of nitrogens with one attached hydrogen (secondary N) is 9. The van der Waals surface area contributed by atoms with Gasteiger partial charge in [0, 0.05) is 97.4 Å². The Kier molecular flexibility index (Phi) is 22.4. The molecule has 1 unspecified atom stereocenters. The predicted molar refractivity (Wildman–Crippen MR) is 408 cm³/mol. The zero-order chi connectivity index (χ0) is 76.3. The van der Waals surface area contributed by atoms with E-state index in [4.69, 9.17) is 14.2 Å². The number of pyridine rings is 3. The van der Waals surface area contributed by atoms with E-state index >= 15 is 0 Å². The van der Waals surface area contributed by atoms with Crippen LogP contribution >= 0.6 is 0 Å². The lowest BCUT2D eigenvalue weighted by atomic mass is 9.83. The lowest BCUT2D eigenvalue weighted by Gasteiger charge is -2.36. The molecular formula is C75H99N21O12. The third kappa shape index (κ3) is 15.8. The second-order valence-electron chi connectivity index (χ2n) is 29.8. The maximum Gasteiger partial charge on any atom is 0.274 e. The number of carbonyl (C=O) groups is 3. The fourth-order valence-electron chi connectivity index (χ4n) is 15.0. The smallest absolute Gasteiger partial charge is 0.274 e. The highest BCUT2D eigenvalue weighted by molar-refractivity contribution is 6.02. The van der Waals surface area contributed by atoms with E-state index in [0.29, 0.717) is 105 Å². The number of aromatic nitrogens is 12. The van der Waals surface area contributed by atoms with Crippen molar-refractivity contribution in [1.29, 1.82) is 0 Å². The number of carbonyl (C=O) groups excluding carboxylic acids is 3. The monoisotopic (exact) mass is 1490 g/mol. The molecule has 0 aliphatic heterocycles. The lowest BCUT2D eigenvalue weighted by molar-refractivity contribution is -0.0326. The summed E-state index contributed by atoms with van der Waals surface area (Å²) in [6.45, 7) is 6.35. The molecule has 9 heterocycles. The average Bonchev–Trinajstić information content (AvgIpc) is 1.62. The second-order valence-corrected chi connectivity index (χ2v) is 29.8. The molecule has 6 saturated carbocycles. The number of aliphatic hydroxyl groups is 3. The molecule has 0 aromatic carbocycles. The predicted octanol–water partition coefficient (Wildman–Crippen LogP) is 7.35. The van der Waals surface area contributed by atoms with E-state index < -0.39 is 18.3 Å². The first kappa shape index (κ1) is 75.9. The highest BCUT2D eigenvalue weighted by Crippen LogP contribution is 2.40. The zero-order valence-electron chi connectivity index (χ0n) is 62.5. The summed E-state index contributed by atoms with van der Waals surface area (Å²) in [7, 11) is 10.5. The fraction of sp³-hybridized carbons (Fsp3) is 0.520. The maximum atomic E-state index is 13.4. The molecule has 6 fully saturated rings. The summed E-state index contributed by atoms with van der Waals surface area (Å²) in [5, 5.41) is 69.6. The Morgan fingerprint density at radius 2 is 0.676 bits per heavy atom. The number of hydrogen-bond donors (Lipinski definition) is 12. The van der Waals surface area contributed by atoms with Gasteiger partial charge in [-0.15, -0.1) is 0 Å². The molecule has 576 valence electrons. The highest BCUT2D eigenvalue weighted by atomic mass is 16.5. The first-order valence-electron chi connectivity index (χ1n) is 37.2. The number of aliphatic hydroxyl groups excluding tert-OH is 3. The molecule has 12 N–H and O–H groups in total. The third-order valence-electron chi connectivity index (χ3n) is 23.0. The van der Waals surface area contributed by atoms with Gasteiger partial charge in [-0.1, -0.05) is 0 Å². The molecule has 33 heteroatoms. The molecule has 0 saturated heterocycles. The summed E-state index contributed by atoms with van der Waals surface area (Å²) in [5.41, 5.74) is 2.35. The Hall–Kier alpha value is -10.3. The van der Waals surface area contributed by atoms with E-state index in [1.807, 2.05) is 36.8 Å². The number of nitrogens with zero attached hydrogens (tertiary/aromatic N) is 12. The Labute approximate surface area is 623 Å². The normalized spacial score (nSPS) is 25.8. The van der Waals surface area contributed by atoms with Crippen LogP contribution in [0, 0.1) is 0 Å². The highest BCUT2D eigenvalue weighted by Gasteiger charge is 2.38. The standard InChI is InChI=1S/3C25H33N7O4/c3*1-25(36-3)10-8-15(9-11-25)31-12-4-5-18(24(31)35)28-20-13-21(26-2)32-22(30-20)16(14-27-32)23(34)29-17-6-7-19(17)33/h3*4-5,12-15,17,19,26,33H,6-11H2,1-3H3,(H,28,30)(H,29,34)/t15?,17?,19-,25?;2*15?,17-,19+,25?/m110/s1. The van der Waals surface area contributed by atoms with Gasteiger partial charge in [0.1, 0.15) is 68.7 Å². The van der Waals surface area contributed by atoms with E-state index in [1.54, 1.807) is 92.6 Å². The van der Waals surface area contributed by atoms with Crippen LogP contribution < -0.4 is 64.5 Å². The van der Waals surface area contributed by atoms with Crippen molar-refractivity contribution in [1.82, 2.24) is 73.4 Å². The number of ether oxygens (including phenoxy) is 3. The van der Waals surface area contributed by atoms with Crippen LogP contribution in [0.4, 0.5) is 52.0 Å². The van der Waals surface area contributed by atoms with Crippen molar-refractivity contribution >= 4 is 86.6 Å². The van der Waals surface area contributed by atoms with Crippen molar-refractivity contribution in [3.63, 3.8) is 0 Å². The fourth-order valence-corrected chi connectivity index (χ4v) is 15.0. The molecule has 108 heavy (non-hydrogen) atoms. The number of anilines is 9. The van der Waals surface area contributed by atoms with Crippen molar-refractivity contribution in [3.05, 3.63) is 140 Å². The average molecular weight is 1490 g/mol. The van der Waals surface area contributed by atoms with Gasteiger partial charge in [0.25, 0.3) is 34.4 Å². The Morgan fingerprint density at radius 1 is 0.417 bits per heavy atom. The van der Waals surface area contributed by atoms with Crippen molar-refractivity contribution in [2.45, 2.75) is 208 Å². The number of rotatable bonds is 21. The summed E-state index contributed by atoms with van der Waals surface area (Å²) in [6, 6.07) is 15.5. The minimum Gasteiger partial charge on any atom is -0.391 e. The molecule has 9 aromatic rings. The minimum atomic E-state index is -0.526. The molecule has 6 aliphatic carbocycles. The van der Waals surface area contributed by atoms with E-state index in [1.165, 1.54) is 32.1 Å². The summed E-state index contributed by atoms with van der Waals surface area (Å²) in [6.07, 6.45) is 23.1. The van der Waals surface area contributed by atoms with Gasteiger partial charge >= 0.3 is 0 Å². The first-order valence-corrected chi connectivity index (χ1v) is 37.2. The minimum absolute atomic E-state index is 0.109. The number of amides is 3. The van der Waals surface area contributed by atoms with Crippen LogP contribution in [0.15, 0.2) is 106 Å². The van der Waals surface area contributed by atoms with E-state index in [9.17, 15) is 44.1 Å². The number of methoxy groups -OCH3 is 3. The van der Waals surface area contributed by atoms with Crippen molar-refractivity contribution in [2.24, 2.45) is 0 Å². The van der Waals surface area contributed by atoms with Gasteiger partial charge in [0.05, 0.1) is 71.8 Å². The summed E-state index contributed by atoms with van der Waals surface area (Å²) >= 11 is 0. The Balaban J connectivity index is 0.000000143. The van der Waals surface area contributed by atoms with Crippen LogP contribution in [0.25, 0.3) is 16.9 Å². The van der Waals surface area contributed by atoms with Crippen molar-refractivity contribution < 1.29 is 43.9 Å². The van der Waals surface area contributed by atoms with Crippen LogP contribution in [0.3, 0.4) is 0 Å². The molecule has 6 atom stereocenters.